The molecule has 2 aromatic carbocycles. The number of hydrogen-bond acceptors (Lipinski definition) is 5. The number of sulfonamides is 1. The fraction of sp³-hybridized carbons (Fsp3) is 0.407. The number of halogens is 1. The lowest BCUT2D eigenvalue weighted by Gasteiger charge is -2.40. The highest BCUT2D eigenvalue weighted by molar-refractivity contribution is 7.93. The smallest absolute Gasteiger partial charge is 0.265 e. The Morgan fingerprint density at radius 3 is 2.49 bits per heavy atom. The second-order valence-electron chi connectivity index (χ2n) is 9.75. The van der Waals surface area contributed by atoms with Gasteiger partial charge < -0.3 is 15.1 Å². The Hall–Kier alpha value is -2.88. The summed E-state index contributed by atoms with van der Waals surface area (Å²) in [5.74, 6) is -0.831. The molecule has 0 radical (unpaired) electrons. The Balaban J connectivity index is 1.63. The van der Waals surface area contributed by atoms with Crippen molar-refractivity contribution in [2.24, 2.45) is 0 Å². The van der Waals surface area contributed by atoms with E-state index in [1.807, 2.05) is 0 Å². The van der Waals surface area contributed by atoms with Crippen LogP contribution in [-0.4, -0.2) is 64.9 Å². The summed E-state index contributed by atoms with van der Waals surface area (Å²) in [6.07, 6.45) is 3.58. The zero-order chi connectivity index (χ0) is 26.9. The molecule has 4 rings (SSSR count). The number of aryl methyl sites for hydroxylation is 2. The number of amides is 2. The molecule has 37 heavy (non-hydrogen) atoms. The maximum Gasteiger partial charge on any atom is 0.265 e. The first-order valence-electron chi connectivity index (χ1n) is 12.3. The SMILES string of the molecule is Cc1cc(S(=O)(=O)N2c3ccccc3N(C)C(=O)[C@H]2CC(=O)NCCC2=CCN(C)CC2)c(C)cc1Cl. The van der Waals surface area contributed by atoms with E-state index < -0.39 is 22.0 Å². The van der Waals surface area contributed by atoms with Crippen LogP contribution in [0.15, 0.2) is 52.9 Å². The van der Waals surface area contributed by atoms with Crippen LogP contribution in [0.2, 0.25) is 5.02 Å². The van der Waals surface area contributed by atoms with Gasteiger partial charge in [0.1, 0.15) is 6.04 Å². The standard InChI is InChI=1S/C27H33ClN4O4S/c1-18-16-25(19(2)15-21(18)28)37(35,36)32-23-8-6-5-7-22(23)31(4)27(34)24(32)17-26(33)29-12-9-20-10-13-30(3)14-11-20/h5-8,10,15-16,24H,9,11-14,17H2,1-4H3,(H,29,33)/t24-/m1/s1. The number of carbonyl (C=O) groups excluding carboxylic acids is 2. The molecule has 0 bridgehead atoms. The van der Waals surface area contributed by atoms with Crippen LogP contribution >= 0.6 is 11.6 Å². The van der Waals surface area contributed by atoms with Crippen LogP contribution in [-0.2, 0) is 19.6 Å². The van der Waals surface area contributed by atoms with E-state index >= 15 is 0 Å². The van der Waals surface area contributed by atoms with Gasteiger partial charge in [-0.05, 0) is 69.1 Å². The van der Waals surface area contributed by atoms with Gasteiger partial charge in [0.05, 0.1) is 22.7 Å². The number of nitrogens with zero attached hydrogens (tertiary/aromatic N) is 3. The molecule has 0 spiro atoms. The van der Waals surface area contributed by atoms with E-state index in [0.717, 1.165) is 30.2 Å². The number of nitrogens with one attached hydrogen (secondary N) is 1. The molecule has 2 aromatic rings. The van der Waals surface area contributed by atoms with E-state index in [1.165, 1.54) is 16.5 Å². The van der Waals surface area contributed by atoms with Gasteiger partial charge in [-0.1, -0.05) is 35.4 Å². The molecule has 0 saturated heterocycles. The molecule has 1 atom stereocenters. The van der Waals surface area contributed by atoms with Gasteiger partial charge >= 0.3 is 0 Å². The first kappa shape index (κ1) is 27.2. The molecule has 2 heterocycles. The predicted molar refractivity (Wildman–Crippen MR) is 147 cm³/mol. The van der Waals surface area contributed by atoms with Crippen molar-refractivity contribution in [3.63, 3.8) is 0 Å². The largest absolute Gasteiger partial charge is 0.356 e. The number of anilines is 2. The van der Waals surface area contributed by atoms with E-state index in [9.17, 15) is 18.0 Å². The predicted octanol–water partition coefficient (Wildman–Crippen LogP) is 3.66. The van der Waals surface area contributed by atoms with Crippen LogP contribution in [0.4, 0.5) is 11.4 Å². The Bertz CT molecular complexity index is 1360. The average molecular weight is 545 g/mol. The van der Waals surface area contributed by atoms with Crippen molar-refractivity contribution in [3.05, 3.63) is 64.2 Å². The summed E-state index contributed by atoms with van der Waals surface area (Å²) in [4.78, 5) is 30.2. The molecule has 0 fully saturated rings. The van der Waals surface area contributed by atoms with Gasteiger partial charge in [0, 0.05) is 31.7 Å². The first-order valence-corrected chi connectivity index (χ1v) is 14.1. The summed E-state index contributed by atoms with van der Waals surface area (Å²) < 4.78 is 29.3. The molecule has 0 saturated carbocycles. The highest BCUT2D eigenvalue weighted by atomic mass is 35.5. The molecule has 0 aliphatic carbocycles. The number of fused-ring (bicyclic) bond motifs is 1. The number of benzene rings is 2. The Morgan fingerprint density at radius 2 is 1.81 bits per heavy atom. The van der Waals surface area contributed by atoms with Crippen LogP contribution in [0.5, 0.6) is 0 Å². The van der Waals surface area contributed by atoms with Crippen molar-refractivity contribution in [3.8, 4) is 0 Å². The molecule has 0 aromatic heterocycles. The highest BCUT2D eigenvalue weighted by Gasteiger charge is 2.44. The lowest BCUT2D eigenvalue weighted by Crippen LogP contribution is -2.56. The molecule has 1 N–H and O–H groups in total. The normalized spacial score (nSPS) is 18.5. The molecule has 0 unspecified atom stereocenters. The Kier molecular flexibility index (Phi) is 7.96. The molecule has 2 aliphatic rings. The number of carbonyl (C=O) groups is 2. The number of rotatable bonds is 7. The first-order chi connectivity index (χ1) is 17.5. The van der Waals surface area contributed by atoms with Gasteiger partial charge in [-0.3, -0.25) is 13.9 Å². The Morgan fingerprint density at radius 1 is 1.11 bits per heavy atom. The van der Waals surface area contributed by atoms with Crippen LogP contribution in [0.1, 0.15) is 30.4 Å². The molecule has 2 amide bonds. The number of para-hydroxylation sites is 2. The zero-order valence-corrected chi connectivity index (χ0v) is 23.2. The lowest BCUT2D eigenvalue weighted by molar-refractivity contribution is -0.126. The number of likely N-dealkylation sites (N-methyl/N-ethyl adjacent to an activating group) is 2. The zero-order valence-electron chi connectivity index (χ0n) is 21.6. The molecule has 8 nitrogen and oxygen atoms in total. The van der Waals surface area contributed by atoms with Gasteiger partial charge in [0.15, 0.2) is 0 Å². The van der Waals surface area contributed by atoms with Gasteiger partial charge in [-0.25, -0.2) is 8.42 Å². The molecule has 2 aliphatic heterocycles. The third-order valence-corrected chi connectivity index (χ3v) is 9.40. The van der Waals surface area contributed by atoms with E-state index in [-0.39, 0.29) is 17.2 Å². The second-order valence-corrected chi connectivity index (χ2v) is 11.9. The average Bonchev–Trinajstić information content (AvgIpc) is 2.85. The second kappa shape index (κ2) is 10.8. The minimum atomic E-state index is -4.21. The Labute approximate surface area is 223 Å². The number of hydrogen-bond donors (Lipinski definition) is 1. The van der Waals surface area contributed by atoms with Crippen molar-refractivity contribution in [2.75, 3.05) is 42.9 Å². The summed E-state index contributed by atoms with van der Waals surface area (Å²) >= 11 is 6.23. The van der Waals surface area contributed by atoms with Gasteiger partial charge in [0.2, 0.25) is 5.91 Å². The van der Waals surface area contributed by atoms with Crippen molar-refractivity contribution in [1.29, 1.82) is 0 Å². The summed E-state index contributed by atoms with van der Waals surface area (Å²) in [5, 5.41) is 3.34. The lowest BCUT2D eigenvalue weighted by atomic mass is 10.0. The van der Waals surface area contributed by atoms with Crippen molar-refractivity contribution < 1.29 is 18.0 Å². The van der Waals surface area contributed by atoms with E-state index in [4.69, 9.17) is 11.6 Å². The maximum absolute atomic E-state index is 14.1. The van der Waals surface area contributed by atoms with Crippen LogP contribution < -0.4 is 14.5 Å². The monoisotopic (exact) mass is 544 g/mol. The molecular formula is C27H33ClN4O4S. The molecular weight excluding hydrogens is 512 g/mol. The van der Waals surface area contributed by atoms with E-state index in [1.54, 1.807) is 51.2 Å². The third-order valence-electron chi connectivity index (χ3n) is 7.03. The van der Waals surface area contributed by atoms with Crippen molar-refractivity contribution in [2.45, 2.75) is 44.0 Å². The van der Waals surface area contributed by atoms with Gasteiger partial charge in [0.25, 0.3) is 15.9 Å². The van der Waals surface area contributed by atoms with Crippen molar-refractivity contribution in [1.82, 2.24) is 10.2 Å². The van der Waals surface area contributed by atoms with Crippen LogP contribution in [0.25, 0.3) is 0 Å². The van der Waals surface area contributed by atoms with Crippen molar-refractivity contribution >= 4 is 44.8 Å². The third kappa shape index (κ3) is 5.54. The minimum absolute atomic E-state index is 0.0566. The topological polar surface area (TPSA) is 90.0 Å². The summed E-state index contributed by atoms with van der Waals surface area (Å²) in [5.41, 5.74) is 3.18. The van der Waals surface area contributed by atoms with Crippen LogP contribution in [0.3, 0.4) is 0 Å². The minimum Gasteiger partial charge on any atom is -0.356 e. The molecule has 198 valence electrons. The highest BCUT2D eigenvalue weighted by Crippen LogP contribution is 2.40. The fourth-order valence-corrected chi connectivity index (χ4v) is 6.93. The quantitative estimate of drug-likeness (QED) is 0.537. The summed E-state index contributed by atoms with van der Waals surface area (Å²) in [6, 6.07) is 8.72. The summed E-state index contributed by atoms with van der Waals surface area (Å²) in [6.45, 7) is 5.71. The van der Waals surface area contributed by atoms with Crippen LogP contribution in [0, 0.1) is 13.8 Å². The summed E-state index contributed by atoms with van der Waals surface area (Å²) in [7, 11) is -0.541. The fourth-order valence-electron chi connectivity index (χ4n) is 4.80. The van der Waals surface area contributed by atoms with Gasteiger partial charge in [-0.2, -0.15) is 0 Å². The van der Waals surface area contributed by atoms with E-state index in [0.29, 0.717) is 34.1 Å². The maximum atomic E-state index is 14.1. The van der Waals surface area contributed by atoms with Gasteiger partial charge in [-0.15, -0.1) is 0 Å². The van der Waals surface area contributed by atoms with E-state index in [2.05, 4.69) is 23.3 Å². The molecule has 10 heteroatoms.